The number of benzene rings is 3. The van der Waals surface area contributed by atoms with Crippen molar-refractivity contribution in [3.8, 4) is 0 Å². The summed E-state index contributed by atoms with van der Waals surface area (Å²) in [4.78, 5) is 31.5. The third-order valence-electron chi connectivity index (χ3n) is 6.40. The average molecular weight is 690 g/mol. The van der Waals surface area contributed by atoms with E-state index in [1.54, 1.807) is 11.9 Å². The third-order valence-corrected chi connectivity index (χ3v) is 10.9. The molecule has 3 aromatic rings. The third kappa shape index (κ3) is 14.1. The van der Waals surface area contributed by atoms with E-state index in [2.05, 4.69) is 96.3 Å². The minimum Gasteiger partial charge on any atom is -0.475 e. The van der Waals surface area contributed by atoms with Gasteiger partial charge in [0.2, 0.25) is 5.91 Å². The molecule has 3 rings (SSSR count). The van der Waals surface area contributed by atoms with E-state index in [4.69, 9.17) is 30.9 Å². The highest BCUT2D eigenvalue weighted by Crippen LogP contribution is 2.55. The van der Waals surface area contributed by atoms with Crippen LogP contribution in [-0.2, 0) is 14.4 Å². The lowest BCUT2D eigenvalue weighted by molar-refractivity contribution is -0.193. The molecule has 9 nitrogen and oxygen atoms in total. The molecule has 3 aromatic carbocycles. The number of amides is 1. The summed E-state index contributed by atoms with van der Waals surface area (Å²) in [5.74, 6) is -5.54. The van der Waals surface area contributed by atoms with Gasteiger partial charge in [-0.3, -0.25) is 10.2 Å². The van der Waals surface area contributed by atoms with E-state index in [9.17, 15) is 31.1 Å². The van der Waals surface area contributed by atoms with Crippen molar-refractivity contribution < 1.29 is 50.9 Å². The zero-order valence-corrected chi connectivity index (χ0v) is 26.2. The van der Waals surface area contributed by atoms with E-state index in [-0.39, 0.29) is 11.9 Å². The number of nitrogens with zero attached hydrogens (tertiary/aromatic N) is 1. The minimum atomic E-state index is -5.08. The summed E-state index contributed by atoms with van der Waals surface area (Å²) in [6.07, 6.45) is -6.85. The van der Waals surface area contributed by atoms with E-state index >= 15 is 0 Å². The predicted molar refractivity (Wildman–Crippen MR) is 169 cm³/mol. The minimum absolute atomic E-state index is 0.00154. The van der Waals surface area contributed by atoms with Gasteiger partial charge in [-0.25, -0.2) is 9.59 Å². The summed E-state index contributed by atoms with van der Waals surface area (Å²) in [6, 6.07) is 32.6. The topological polar surface area (TPSA) is 157 Å². The summed E-state index contributed by atoms with van der Waals surface area (Å²) in [5, 5.41) is 28.8. The summed E-state index contributed by atoms with van der Waals surface area (Å²) < 4.78 is 63.5. The summed E-state index contributed by atoms with van der Waals surface area (Å²) >= 11 is 0. The van der Waals surface area contributed by atoms with Gasteiger partial charge in [-0.2, -0.15) is 26.3 Å². The predicted octanol–water partition coefficient (Wildman–Crippen LogP) is 4.36. The van der Waals surface area contributed by atoms with E-state index in [1.807, 2.05) is 0 Å². The van der Waals surface area contributed by atoms with Crippen molar-refractivity contribution in [3.63, 3.8) is 0 Å². The molecule has 0 spiro atoms. The van der Waals surface area contributed by atoms with Crippen LogP contribution in [0.3, 0.4) is 0 Å². The van der Waals surface area contributed by atoms with Crippen LogP contribution >= 0.6 is 7.26 Å². The van der Waals surface area contributed by atoms with E-state index in [0.29, 0.717) is 19.5 Å². The Morgan fingerprint density at radius 2 is 1.09 bits per heavy atom. The maximum atomic E-state index is 12.2. The molecule has 0 aliphatic carbocycles. The number of alkyl halides is 6. The molecular formula is C31H36F6N4O5P+. The number of guanidine groups is 1. The lowest BCUT2D eigenvalue weighted by Gasteiger charge is -2.27. The molecule has 0 aromatic heterocycles. The molecular weight excluding hydrogens is 653 g/mol. The Kier molecular flexibility index (Phi) is 16.4. The van der Waals surface area contributed by atoms with Crippen molar-refractivity contribution in [2.75, 3.05) is 26.3 Å². The second-order valence-electron chi connectivity index (χ2n) is 9.76. The number of carbonyl (C=O) groups is 3. The first-order chi connectivity index (χ1) is 21.9. The van der Waals surface area contributed by atoms with Crippen LogP contribution in [0, 0.1) is 5.41 Å². The van der Waals surface area contributed by atoms with Crippen LogP contribution in [0.4, 0.5) is 26.3 Å². The highest BCUT2D eigenvalue weighted by Gasteiger charge is 2.44. The second-order valence-corrected chi connectivity index (χ2v) is 13.4. The lowest BCUT2D eigenvalue weighted by atomic mass is 10.3. The average Bonchev–Trinajstić information content (AvgIpc) is 3.02. The molecule has 0 radical (unpaired) electrons. The fourth-order valence-corrected chi connectivity index (χ4v) is 8.47. The Balaban J connectivity index is 0.000000658. The highest BCUT2D eigenvalue weighted by molar-refractivity contribution is 7.95. The van der Waals surface area contributed by atoms with Crippen LogP contribution in [0.25, 0.3) is 0 Å². The molecule has 0 atom stereocenters. The van der Waals surface area contributed by atoms with Gasteiger partial charge in [0, 0.05) is 26.6 Å². The molecule has 0 bridgehead atoms. The number of nitrogens with two attached hydrogens (primary N) is 1. The number of carbonyl (C=O) groups excluding carboxylic acids is 1. The molecule has 0 fully saturated rings. The Hall–Kier alpha value is -4.65. The standard InChI is InChI=1S/C27H33N4OP.2C2HF3O2/c1-31(27(28)29)21-19-26(32)30-20-11-12-22-33(23-13-5-2-6-14-23,24-15-7-3-8-16-24)25-17-9-4-10-18-25;2*3-2(4,5)1(6)7/h2-10,13-18H,11-12,19-22H2,1H3,(H3-,28,29,30,32);2*(H,6,7)/p+1. The Labute approximate surface area is 268 Å². The van der Waals surface area contributed by atoms with E-state index in [0.717, 1.165) is 19.0 Å². The molecule has 6 N–H and O–H groups in total. The molecule has 0 saturated carbocycles. The van der Waals surface area contributed by atoms with Gasteiger partial charge in [0.25, 0.3) is 0 Å². The van der Waals surface area contributed by atoms with Gasteiger partial charge in [-0.05, 0) is 49.2 Å². The quantitative estimate of drug-likeness (QED) is 0.0659. The zero-order valence-electron chi connectivity index (χ0n) is 25.3. The Morgan fingerprint density at radius 1 is 0.745 bits per heavy atom. The summed E-state index contributed by atoms with van der Waals surface area (Å²) in [7, 11) is -0.0930. The van der Waals surface area contributed by atoms with Gasteiger partial charge in [0.15, 0.2) is 5.96 Å². The van der Waals surface area contributed by atoms with Crippen LogP contribution in [-0.4, -0.2) is 77.6 Å². The number of halogens is 6. The molecule has 0 unspecified atom stereocenters. The van der Waals surface area contributed by atoms with Crippen molar-refractivity contribution in [1.29, 1.82) is 5.41 Å². The number of carboxylic acids is 2. The Morgan fingerprint density at radius 3 is 1.38 bits per heavy atom. The van der Waals surface area contributed by atoms with Crippen LogP contribution < -0.4 is 27.0 Å². The van der Waals surface area contributed by atoms with Crippen LogP contribution in [0.1, 0.15) is 19.3 Å². The SMILES string of the molecule is CN(CCC(=O)NCCCC[P+](c1ccccc1)(c1ccccc1)c1ccccc1)C(=N)N.O=C(O)C(F)(F)F.O=C(O)C(F)(F)F. The first-order valence-electron chi connectivity index (χ1n) is 13.9. The van der Waals surface area contributed by atoms with Crippen molar-refractivity contribution in [2.24, 2.45) is 5.73 Å². The van der Waals surface area contributed by atoms with Gasteiger partial charge < -0.3 is 26.2 Å². The van der Waals surface area contributed by atoms with Gasteiger partial charge in [-0.15, -0.1) is 0 Å². The van der Waals surface area contributed by atoms with Gasteiger partial charge in [0.05, 0.1) is 6.16 Å². The van der Waals surface area contributed by atoms with Gasteiger partial charge >= 0.3 is 24.3 Å². The monoisotopic (exact) mass is 689 g/mol. The Bertz CT molecular complexity index is 1290. The molecule has 16 heteroatoms. The van der Waals surface area contributed by atoms with Crippen LogP contribution in [0.15, 0.2) is 91.0 Å². The lowest BCUT2D eigenvalue weighted by Crippen LogP contribution is -2.36. The molecule has 0 heterocycles. The number of aliphatic carboxylic acids is 2. The first kappa shape index (κ1) is 40.4. The van der Waals surface area contributed by atoms with E-state index < -0.39 is 31.6 Å². The van der Waals surface area contributed by atoms with Gasteiger partial charge in [-0.1, -0.05) is 54.6 Å². The van der Waals surface area contributed by atoms with Crippen molar-refractivity contribution in [2.45, 2.75) is 31.6 Å². The number of carboxylic acid groups (broad SMARTS) is 2. The maximum absolute atomic E-state index is 12.2. The second kappa shape index (κ2) is 19.1. The van der Waals surface area contributed by atoms with E-state index in [1.165, 1.54) is 15.9 Å². The van der Waals surface area contributed by atoms with Gasteiger partial charge in [0.1, 0.15) is 23.2 Å². The molecule has 0 saturated heterocycles. The number of hydrogen-bond acceptors (Lipinski definition) is 4. The fraction of sp³-hybridized carbons (Fsp3) is 0.290. The summed E-state index contributed by atoms with van der Waals surface area (Å²) in [5.41, 5.74) is 5.43. The number of hydrogen-bond donors (Lipinski definition) is 5. The van der Waals surface area contributed by atoms with Crippen LogP contribution in [0.5, 0.6) is 0 Å². The van der Waals surface area contributed by atoms with Crippen molar-refractivity contribution in [1.82, 2.24) is 10.2 Å². The highest BCUT2D eigenvalue weighted by atomic mass is 31.2. The largest absolute Gasteiger partial charge is 0.490 e. The molecule has 0 aliphatic heterocycles. The molecule has 256 valence electrons. The fourth-order valence-electron chi connectivity index (χ4n) is 4.06. The first-order valence-corrected chi connectivity index (χ1v) is 15.9. The maximum Gasteiger partial charge on any atom is 0.490 e. The normalized spacial score (nSPS) is 11.1. The number of unbranched alkanes of at least 4 members (excludes halogenated alkanes) is 1. The van der Waals surface area contributed by atoms with Crippen molar-refractivity contribution in [3.05, 3.63) is 91.0 Å². The number of rotatable bonds is 11. The smallest absolute Gasteiger partial charge is 0.475 e. The van der Waals surface area contributed by atoms with Crippen molar-refractivity contribution >= 4 is 47.0 Å². The summed E-state index contributed by atoms with van der Waals surface area (Å²) in [6.45, 7) is 1.10. The van der Waals surface area contributed by atoms with Crippen LogP contribution in [0.2, 0.25) is 0 Å². The molecule has 47 heavy (non-hydrogen) atoms. The zero-order chi connectivity index (χ0) is 35.7. The number of nitrogens with one attached hydrogen (secondary N) is 2. The molecule has 1 amide bonds. The molecule has 0 aliphatic rings.